The van der Waals surface area contributed by atoms with Crippen LogP contribution >= 0.6 is 0 Å². The van der Waals surface area contributed by atoms with E-state index in [2.05, 4.69) is 6.58 Å². The first-order valence-electron chi connectivity index (χ1n) is 1.82. The average molecular weight is 137 g/mol. The molecule has 0 aliphatic carbocycles. The third-order valence-electron chi connectivity index (χ3n) is 0.303. The summed E-state index contributed by atoms with van der Waals surface area (Å²) in [5.74, 6) is 0. The summed E-state index contributed by atoms with van der Waals surface area (Å²) in [7, 11) is -4.07. The van der Waals surface area contributed by atoms with Gasteiger partial charge in [-0.25, -0.2) is 0 Å². The summed E-state index contributed by atoms with van der Waals surface area (Å²) in [5.41, 5.74) is 0.188. The molecule has 0 rings (SSSR count). The summed E-state index contributed by atoms with van der Waals surface area (Å²) in [4.78, 5) is 0. The van der Waals surface area contributed by atoms with Gasteiger partial charge in [0.1, 0.15) is 0 Å². The molecular weight excluding hydrogens is 130 g/mol. The van der Waals surface area contributed by atoms with Gasteiger partial charge in [-0.05, 0) is 6.92 Å². The van der Waals surface area contributed by atoms with Crippen molar-refractivity contribution < 1.29 is 13.0 Å². The Balaban J connectivity index is 3.95. The van der Waals surface area contributed by atoms with E-state index in [1.54, 1.807) is 4.72 Å². The fourth-order valence-corrected chi connectivity index (χ4v) is 0.661. The maximum Gasteiger partial charge on any atom is 0.357 e. The smallest absolute Gasteiger partial charge is 0.269 e. The van der Waals surface area contributed by atoms with Gasteiger partial charge < -0.3 is 0 Å². The Morgan fingerprint density at radius 2 is 2.12 bits per heavy atom. The van der Waals surface area contributed by atoms with E-state index in [9.17, 15) is 8.42 Å². The van der Waals surface area contributed by atoms with Gasteiger partial charge in [0.05, 0.1) is 0 Å². The molecule has 2 N–H and O–H groups in total. The molecule has 0 saturated carbocycles. The lowest BCUT2D eigenvalue weighted by Gasteiger charge is -1.96. The minimum atomic E-state index is -4.07. The maximum absolute atomic E-state index is 9.83. The summed E-state index contributed by atoms with van der Waals surface area (Å²) in [6.07, 6.45) is 0. The number of hydrogen-bond acceptors (Lipinski definition) is 2. The molecule has 4 nitrogen and oxygen atoms in total. The van der Waals surface area contributed by atoms with Crippen LogP contribution in [0.2, 0.25) is 0 Å². The maximum atomic E-state index is 9.83. The van der Waals surface area contributed by atoms with Gasteiger partial charge in [-0.1, -0.05) is 6.58 Å². The fraction of sp³-hybridized carbons (Fsp3) is 0.333. The Morgan fingerprint density at radius 3 is 2.12 bits per heavy atom. The van der Waals surface area contributed by atoms with E-state index < -0.39 is 10.3 Å². The van der Waals surface area contributed by atoms with Crippen molar-refractivity contribution in [1.82, 2.24) is 4.72 Å². The molecule has 0 heterocycles. The highest BCUT2D eigenvalue weighted by Gasteiger charge is 1.98. The fourth-order valence-electron chi connectivity index (χ4n) is 0.220. The zero-order valence-corrected chi connectivity index (χ0v) is 5.20. The molecule has 0 bridgehead atoms. The lowest BCUT2D eigenvalue weighted by Crippen LogP contribution is -2.19. The molecule has 5 heteroatoms. The van der Waals surface area contributed by atoms with Gasteiger partial charge in [0.15, 0.2) is 0 Å². The number of nitrogens with one attached hydrogen (secondary N) is 1. The van der Waals surface area contributed by atoms with E-state index in [1.165, 1.54) is 6.92 Å². The lowest BCUT2D eigenvalue weighted by molar-refractivity contribution is 0.474. The lowest BCUT2D eigenvalue weighted by atomic mass is 10.6. The van der Waals surface area contributed by atoms with E-state index in [4.69, 9.17) is 4.55 Å². The van der Waals surface area contributed by atoms with Crippen LogP contribution in [-0.4, -0.2) is 13.0 Å². The Bertz CT molecular complexity index is 181. The first-order chi connectivity index (χ1) is 3.42. The van der Waals surface area contributed by atoms with Gasteiger partial charge in [-0.3, -0.25) is 9.27 Å². The topological polar surface area (TPSA) is 66.4 Å². The molecule has 0 radical (unpaired) electrons. The van der Waals surface area contributed by atoms with Crippen LogP contribution in [0.25, 0.3) is 0 Å². The zero-order chi connectivity index (χ0) is 6.78. The summed E-state index contributed by atoms with van der Waals surface area (Å²) in [5, 5.41) is 0. The SMILES string of the molecule is C=C(C)NS(=O)(=O)O. The van der Waals surface area contributed by atoms with Crippen molar-refractivity contribution in [2.24, 2.45) is 0 Å². The van der Waals surface area contributed by atoms with Gasteiger partial charge in [-0.15, -0.1) is 0 Å². The number of hydrogen-bond donors (Lipinski definition) is 2. The first-order valence-corrected chi connectivity index (χ1v) is 3.26. The molecule has 8 heavy (non-hydrogen) atoms. The molecule has 0 aliphatic heterocycles. The van der Waals surface area contributed by atoms with Crippen molar-refractivity contribution in [3.8, 4) is 0 Å². The highest BCUT2D eigenvalue weighted by Crippen LogP contribution is 1.81. The van der Waals surface area contributed by atoms with Crippen LogP contribution in [0.3, 0.4) is 0 Å². The highest BCUT2D eigenvalue weighted by atomic mass is 32.2. The van der Waals surface area contributed by atoms with Crippen molar-refractivity contribution in [3.05, 3.63) is 12.3 Å². The van der Waals surface area contributed by atoms with E-state index in [0.717, 1.165) is 0 Å². The molecule has 0 unspecified atom stereocenters. The number of allylic oxidation sites excluding steroid dienone is 1. The molecule has 0 aliphatic rings. The Hall–Kier alpha value is -0.550. The zero-order valence-electron chi connectivity index (χ0n) is 4.38. The summed E-state index contributed by atoms with van der Waals surface area (Å²) >= 11 is 0. The molecular formula is C3H7NO3S. The molecule has 0 spiro atoms. The molecule has 0 fully saturated rings. The Labute approximate surface area is 48.1 Å². The van der Waals surface area contributed by atoms with Crippen molar-refractivity contribution in [3.63, 3.8) is 0 Å². The van der Waals surface area contributed by atoms with Gasteiger partial charge in [0, 0.05) is 5.70 Å². The van der Waals surface area contributed by atoms with E-state index in [0.29, 0.717) is 0 Å². The van der Waals surface area contributed by atoms with E-state index >= 15 is 0 Å². The van der Waals surface area contributed by atoms with Crippen molar-refractivity contribution in [2.45, 2.75) is 6.92 Å². The van der Waals surface area contributed by atoms with Crippen molar-refractivity contribution >= 4 is 10.3 Å². The normalized spacial score (nSPS) is 10.8. The molecule has 0 aromatic rings. The Kier molecular flexibility index (Phi) is 2.00. The van der Waals surface area contributed by atoms with Crippen LogP contribution in [0.4, 0.5) is 0 Å². The van der Waals surface area contributed by atoms with Crippen molar-refractivity contribution in [1.29, 1.82) is 0 Å². The third-order valence-corrected chi connectivity index (χ3v) is 0.910. The minimum Gasteiger partial charge on any atom is -0.269 e. The van der Waals surface area contributed by atoms with Crippen LogP contribution in [-0.2, 0) is 10.3 Å². The standard InChI is InChI=1S/C3H7NO3S/c1-3(2)4-8(5,6)7/h4H,1H2,2H3,(H,5,6,7). The largest absolute Gasteiger partial charge is 0.357 e. The minimum absolute atomic E-state index is 0.188. The predicted octanol–water partition coefficient (Wildman–Crippen LogP) is -0.0876. The van der Waals surface area contributed by atoms with Crippen LogP contribution in [0, 0.1) is 0 Å². The molecule has 0 saturated heterocycles. The van der Waals surface area contributed by atoms with Gasteiger partial charge in [0.25, 0.3) is 0 Å². The van der Waals surface area contributed by atoms with Gasteiger partial charge in [0.2, 0.25) is 0 Å². The van der Waals surface area contributed by atoms with Crippen LogP contribution in [0.1, 0.15) is 6.92 Å². The average Bonchev–Trinajstić information content (AvgIpc) is 1.21. The van der Waals surface area contributed by atoms with Crippen LogP contribution < -0.4 is 4.72 Å². The Morgan fingerprint density at radius 1 is 1.75 bits per heavy atom. The van der Waals surface area contributed by atoms with Crippen LogP contribution in [0.15, 0.2) is 12.3 Å². The van der Waals surface area contributed by atoms with Crippen molar-refractivity contribution in [2.75, 3.05) is 0 Å². The number of rotatable bonds is 2. The predicted molar refractivity (Wildman–Crippen MR) is 29.5 cm³/mol. The molecule has 0 aromatic carbocycles. The second-order valence-corrected chi connectivity index (χ2v) is 2.51. The third kappa shape index (κ3) is 5.45. The van der Waals surface area contributed by atoms with E-state index in [1.807, 2.05) is 0 Å². The summed E-state index contributed by atoms with van der Waals surface area (Å²) in [6.45, 7) is 4.61. The quantitative estimate of drug-likeness (QED) is 0.523. The molecule has 0 atom stereocenters. The molecule has 48 valence electrons. The second-order valence-electron chi connectivity index (χ2n) is 1.36. The summed E-state index contributed by atoms with van der Waals surface area (Å²) in [6, 6.07) is 0. The second kappa shape index (κ2) is 2.15. The molecule has 0 amide bonds. The van der Waals surface area contributed by atoms with Crippen LogP contribution in [0.5, 0.6) is 0 Å². The first kappa shape index (κ1) is 7.45. The van der Waals surface area contributed by atoms with Gasteiger partial charge in [-0.2, -0.15) is 8.42 Å². The highest BCUT2D eigenvalue weighted by molar-refractivity contribution is 7.83. The van der Waals surface area contributed by atoms with Gasteiger partial charge >= 0.3 is 10.3 Å². The molecule has 0 aromatic heterocycles. The monoisotopic (exact) mass is 137 g/mol. The summed E-state index contributed by atoms with van der Waals surface area (Å²) < 4.78 is 29.4. The van der Waals surface area contributed by atoms with E-state index in [-0.39, 0.29) is 5.70 Å².